The fourth-order valence-electron chi connectivity index (χ4n) is 2.03. The Balaban J connectivity index is 2.09. The van der Waals surface area contributed by atoms with Crippen LogP contribution in [0.25, 0.3) is 0 Å². The second-order valence-corrected chi connectivity index (χ2v) is 13.2. The quantitative estimate of drug-likeness (QED) is 0.654. The smallest absolute Gasteiger partial charge is 0.265 e. The number of carbonyl (C=O) groups excluding carboxylic acids is 1. The van der Waals surface area contributed by atoms with Crippen molar-refractivity contribution >= 4 is 51.0 Å². The van der Waals surface area contributed by atoms with Gasteiger partial charge < -0.3 is 0 Å². The van der Waals surface area contributed by atoms with E-state index in [1.807, 2.05) is 30.3 Å². The molecule has 2 rings (SSSR count). The molecule has 1 saturated heterocycles. The molecule has 7 heteroatoms. The van der Waals surface area contributed by atoms with Crippen LogP contribution in [0.1, 0.15) is 6.42 Å². The number of para-hydroxylation sites is 1. The van der Waals surface area contributed by atoms with Crippen molar-refractivity contribution in [1.29, 1.82) is 0 Å². The Bertz CT molecular complexity index is 438. The molecule has 1 N–H and O–H groups in total. The van der Waals surface area contributed by atoms with Gasteiger partial charge in [0, 0.05) is 12.7 Å². The molecule has 0 saturated carbocycles. The van der Waals surface area contributed by atoms with Gasteiger partial charge in [0.25, 0.3) is 0 Å². The lowest BCUT2D eigenvalue weighted by molar-refractivity contribution is -0.873. The molecule has 0 spiro atoms. The van der Waals surface area contributed by atoms with E-state index in [0.717, 1.165) is 23.6 Å². The third-order valence-electron chi connectivity index (χ3n) is 3.24. The summed E-state index contributed by atoms with van der Waals surface area (Å²) in [5.41, 5.74) is 0.729. The molecule has 0 aromatic heterocycles. The highest BCUT2D eigenvalue weighted by molar-refractivity contribution is 7.65. The lowest BCUT2D eigenvalue weighted by atomic mass is 10.2. The van der Waals surface area contributed by atoms with Gasteiger partial charge in [-0.2, -0.15) is 0 Å². The minimum atomic E-state index is -2.81. The summed E-state index contributed by atoms with van der Waals surface area (Å²) in [6, 6.07) is 6.63. The molecule has 1 aromatic carbocycles. The Morgan fingerprint density at radius 3 is 2.39 bits per heavy atom. The molecule has 1 aromatic rings. The van der Waals surface area contributed by atoms with Gasteiger partial charge in [-0.05, 0) is 12.1 Å². The van der Waals surface area contributed by atoms with E-state index in [2.05, 4.69) is 0 Å². The van der Waals surface area contributed by atoms with Gasteiger partial charge in [0.2, 0.25) is 0 Å². The minimum Gasteiger partial charge on any atom is -0.265 e. The van der Waals surface area contributed by atoms with E-state index in [4.69, 9.17) is 33.2 Å². The van der Waals surface area contributed by atoms with Crippen LogP contribution in [0.2, 0.25) is 0 Å². The molecule has 0 radical (unpaired) electrons. The highest BCUT2D eigenvalue weighted by atomic mass is 35.8. The molecule has 2 unspecified atom stereocenters. The molecule has 1 fully saturated rings. The van der Waals surface area contributed by atoms with Crippen molar-refractivity contribution in [2.24, 2.45) is 0 Å². The van der Waals surface area contributed by atoms with Crippen molar-refractivity contribution in [3.63, 3.8) is 0 Å². The zero-order chi connectivity index (χ0) is 13.3. The molecular weight excluding hydrogens is 311 g/mol. The lowest BCUT2D eigenvalue weighted by Crippen LogP contribution is -3.27. The Hall–Kier alpha value is -0.263. The van der Waals surface area contributed by atoms with Crippen LogP contribution in [0.4, 0.5) is 10.5 Å². The Labute approximate surface area is 121 Å². The largest absolute Gasteiger partial charge is 0.421 e. The summed E-state index contributed by atoms with van der Waals surface area (Å²) in [6.07, 6.45) is 0.812. The summed E-state index contributed by atoms with van der Waals surface area (Å²) < 4.78 is 0. The predicted octanol–water partition coefficient (Wildman–Crippen LogP) is 2.09. The van der Waals surface area contributed by atoms with Crippen LogP contribution < -0.4 is 9.80 Å². The molecular formula is C11H14Cl3N2OSi+. The number of nitrogens with one attached hydrogen (secondary N) is 1. The maximum Gasteiger partial charge on any atom is 0.421 e. The third-order valence-corrected chi connectivity index (χ3v) is 7.04. The molecule has 18 heavy (non-hydrogen) atoms. The lowest BCUT2D eigenvalue weighted by Gasteiger charge is -2.39. The van der Waals surface area contributed by atoms with Crippen LogP contribution in [0, 0.1) is 0 Å². The predicted molar refractivity (Wildman–Crippen MR) is 77.8 cm³/mol. The van der Waals surface area contributed by atoms with Crippen LogP contribution in [0.3, 0.4) is 0 Å². The van der Waals surface area contributed by atoms with Crippen molar-refractivity contribution in [2.45, 2.75) is 12.1 Å². The van der Waals surface area contributed by atoms with E-state index >= 15 is 0 Å². The molecule has 1 heterocycles. The van der Waals surface area contributed by atoms with Gasteiger partial charge in [0.1, 0.15) is 5.67 Å². The summed E-state index contributed by atoms with van der Waals surface area (Å²) in [5, 5.41) is 0. The Kier molecular flexibility index (Phi) is 4.24. The van der Waals surface area contributed by atoms with Crippen LogP contribution in [0.5, 0.6) is 0 Å². The number of benzene rings is 1. The van der Waals surface area contributed by atoms with E-state index in [1.54, 1.807) is 11.9 Å². The molecule has 2 atom stereocenters. The summed E-state index contributed by atoms with van der Waals surface area (Å²) in [7, 11) is 1.75. The zero-order valence-electron chi connectivity index (χ0n) is 9.87. The number of amides is 2. The molecule has 3 nitrogen and oxygen atoms in total. The summed E-state index contributed by atoms with van der Waals surface area (Å²) in [4.78, 5) is 14.7. The second kappa shape index (κ2) is 5.39. The molecule has 2 amide bonds. The number of nitrogens with zero attached hydrogens (tertiary/aromatic N) is 1. The average molecular weight is 325 g/mol. The van der Waals surface area contributed by atoms with Crippen molar-refractivity contribution in [3.8, 4) is 0 Å². The molecule has 0 aliphatic carbocycles. The van der Waals surface area contributed by atoms with Gasteiger partial charge in [-0.1, -0.05) is 18.2 Å². The molecule has 0 bridgehead atoms. The molecule has 1 aliphatic heterocycles. The first-order chi connectivity index (χ1) is 8.41. The van der Waals surface area contributed by atoms with Crippen LogP contribution in [0.15, 0.2) is 30.3 Å². The fraction of sp³-hybridized carbons (Fsp3) is 0.364. The third kappa shape index (κ3) is 2.83. The van der Waals surface area contributed by atoms with Gasteiger partial charge in [-0.25, -0.2) is 9.69 Å². The van der Waals surface area contributed by atoms with Gasteiger partial charge in [0.05, 0.1) is 13.0 Å². The first-order valence-corrected chi connectivity index (χ1v) is 10.8. The number of rotatable bonds is 2. The zero-order valence-corrected chi connectivity index (χ0v) is 13.1. The average Bonchev–Trinajstić information content (AvgIpc) is 2.25. The van der Waals surface area contributed by atoms with Crippen molar-refractivity contribution in [3.05, 3.63) is 30.3 Å². The van der Waals surface area contributed by atoms with Gasteiger partial charge in [0.15, 0.2) is 0 Å². The van der Waals surface area contributed by atoms with E-state index in [1.165, 1.54) is 0 Å². The van der Waals surface area contributed by atoms with E-state index in [-0.39, 0.29) is 11.7 Å². The van der Waals surface area contributed by atoms with E-state index < -0.39 is 6.00 Å². The highest BCUT2D eigenvalue weighted by Crippen LogP contribution is 2.27. The number of carbonyl (C=O) groups is 1. The van der Waals surface area contributed by atoms with Gasteiger partial charge >= 0.3 is 12.0 Å². The van der Waals surface area contributed by atoms with Crippen LogP contribution >= 0.6 is 33.2 Å². The molecule has 98 valence electrons. The van der Waals surface area contributed by atoms with Gasteiger partial charge in [-0.15, -0.1) is 33.2 Å². The van der Waals surface area contributed by atoms with Crippen LogP contribution in [-0.2, 0) is 0 Å². The Morgan fingerprint density at radius 1 is 1.33 bits per heavy atom. The maximum atomic E-state index is 12.3. The maximum absolute atomic E-state index is 12.3. The standard InChI is InChI=1S/C11H13Cl3N2OSi/c1-15(9-5-3-2-4-6-9)11(17)16-8-7-10(16)18(12,13)14/h2-6,10H,7-8H2,1H3/p+1. The fourth-order valence-corrected chi connectivity index (χ4v) is 5.34. The van der Waals surface area contributed by atoms with Gasteiger partial charge in [-0.3, -0.25) is 4.90 Å². The number of halogens is 3. The number of urea groups is 1. The second-order valence-electron chi connectivity index (χ2n) is 4.36. The normalized spacial score (nSPS) is 23.3. The van der Waals surface area contributed by atoms with E-state index in [9.17, 15) is 4.79 Å². The summed E-state index contributed by atoms with van der Waals surface area (Å²) in [5.74, 6) is 0. The summed E-state index contributed by atoms with van der Waals surface area (Å²) in [6.45, 7) is 0.738. The van der Waals surface area contributed by atoms with Crippen molar-refractivity contribution < 1.29 is 9.69 Å². The SMILES string of the molecule is CN(C(=O)[NH+]1CCC1[Si](Cl)(Cl)Cl)c1ccccc1. The first-order valence-electron chi connectivity index (χ1n) is 5.67. The minimum absolute atomic E-state index is 0.0312. The Morgan fingerprint density at radius 2 is 1.94 bits per heavy atom. The van der Waals surface area contributed by atoms with E-state index in [0.29, 0.717) is 0 Å². The van der Waals surface area contributed by atoms with Crippen molar-refractivity contribution in [2.75, 3.05) is 18.5 Å². The number of hydrogen-bond donors (Lipinski definition) is 1. The number of quaternary nitrogens is 1. The first kappa shape index (κ1) is 14.2. The highest BCUT2D eigenvalue weighted by Gasteiger charge is 2.54. The monoisotopic (exact) mass is 323 g/mol. The molecule has 1 aliphatic rings. The number of anilines is 1. The topological polar surface area (TPSA) is 24.8 Å². The van der Waals surface area contributed by atoms with Crippen molar-refractivity contribution in [1.82, 2.24) is 0 Å². The number of likely N-dealkylation sites (tertiary alicyclic amines) is 1. The summed E-state index contributed by atoms with van der Waals surface area (Å²) >= 11 is 18.0. The van der Waals surface area contributed by atoms with Crippen LogP contribution in [-0.4, -0.2) is 31.3 Å². The number of hydrogen-bond acceptors (Lipinski definition) is 1.